The summed E-state index contributed by atoms with van der Waals surface area (Å²) in [5.41, 5.74) is 0.624. The first-order chi connectivity index (χ1) is 11.7. The second-order valence-electron chi connectivity index (χ2n) is 5.52. The van der Waals surface area contributed by atoms with Crippen molar-refractivity contribution in [2.45, 2.75) is 20.4 Å². The van der Waals surface area contributed by atoms with Crippen LogP contribution in [-0.4, -0.2) is 32.6 Å². The molecule has 130 valence electrons. The fourth-order valence-electron chi connectivity index (χ4n) is 2.43. The molecule has 25 heavy (non-hydrogen) atoms. The van der Waals surface area contributed by atoms with Crippen LogP contribution in [0.5, 0.6) is 0 Å². The first-order valence-electron chi connectivity index (χ1n) is 7.27. The van der Waals surface area contributed by atoms with E-state index in [-0.39, 0.29) is 28.8 Å². The van der Waals surface area contributed by atoms with Crippen molar-refractivity contribution in [2.24, 2.45) is 0 Å². The van der Waals surface area contributed by atoms with Gasteiger partial charge in [0.1, 0.15) is 6.54 Å². The van der Waals surface area contributed by atoms with Gasteiger partial charge in [-0.25, -0.2) is 9.59 Å². The standard InChI is InChI=1S/C17H16N2O6/c1-9-3-14(20)4-10(2)19(9)8-15(21)18-13-6-11(16(22)23)5-12(7-13)17(24)25/h3-7H,8H2,1-2H3,(H,18,21)(H,22,23)(H,24,25). The number of pyridine rings is 1. The summed E-state index contributed by atoms with van der Waals surface area (Å²) in [4.78, 5) is 45.8. The van der Waals surface area contributed by atoms with Crippen LogP contribution in [0.15, 0.2) is 35.1 Å². The molecule has 8 nitrogen and oxygen atoms in total. The van der Waals surface area contributed by atoms with Gasteiger partial charge in [-0.05, 0) is 32.0 Å². The molecule has 1 aromatic carbocycles. The SMILES string of the molecule is Cc1cc(=O)cc(C)n1CC(=O)Nc1cc(C(=O)O)cc(C(=O)O)c1. The van der Waals surface area contributed by atoms with Gasteiger partial charge in [0.05, 0.1) is 11.1 Å². The average Bonchev–Trinajstić information content (AvgIpc) is 2.50. The second kappa shape index (κ2) is 7.00. The third kappa shape index (κ3) is 4.31. The maximum Gasteiger partial charge on any atom is 0.335 e. The first-order valence-corrected chi connectivity index (χ1v) is 7.27. The van der Waals surface area contributed by atoms with E-state index in [2.05, 4.69) is 5.32 Å². The number of nitrogens with one attached hydrogen (secondary N) is 1. The summed E-state index contributed by atoms with van der Waals surface area (Å²) in [7, 11) is 0. The van der Waals surface area contributed by atoms with E-state index in [1.54, 1.807) is 18.4 Å². The van der Waals surface area contributed by atoms with Crippen LogP contribution < -0.4 is 10.7 Å². The van der Waals surface area contributed by atoms with Crippen LogP contribution in [0.3, 0.4) is 0 Å². The maximum absolute atomic E-state index is 12.2. The summed E-state index contributed by atoms with van der Waals surface area (Å²) in [6, 6.07) is 6.16. The van der Waals surface area contributed by atoms with Crippen molar-refractivity contribution in [2.75, 3.05) is 5.32 Å². The number of aromatic carboxylic acids is 2. The Kier molecular flexibility index (Phi) is 5.02. The Hall–Kier alpha value is -3.42. The number of carboxylic acids is 2. The zero-order valence-electron chi connectivity index (χ0n) is 13.6. The van der Waals surface area contributed by atoms with Crippen molar-refractivity contribution < 1.29 is 24.6 Å². The highest BCUT2D eigenvalue weighted by Gasteiger charge is 2.14. The van der Waals surface area contributed by atoms with Crippen LogP contribution in [0.25, 0.3) is 0 Å². The predicted molar refractivity (Wildman–Crippen MR) is 89.2 cm³/mol. The summed E-state index contributed by atoms with van der Waals surface area (Å²) in [5.74, 6) is -3.08. The number of carbonyl (C=O) groups is 3. The predicted octanol–water partition coefficient (Wildman–Crippen LogP) is 1.50. The summed E-state index contributed by atoms with van der Waals surface area (Å²) >= 11 is 0. The quantitative estimate of drug-likeness (QED) is 0.754. The van der Waals surface area contributed by atoms with E-state index in [1.165, 1.54) is 24.3 Å². The molecule has 2 aromatic rings. The first kappa shape index (κ1) is 17.9. The lowest BCUT2D eigenvalue weighted by Crippen LogP contribution is -2.23. The smallest absolute Gasteiger partial charge is 0.335 e. The van der Waals surface area contributed by atoms with Crippen LogP contribution in [0.4, 0.5) is 5.69 Å². The number of anilines is 1. The lowest BCUT2D eigenvalue weighted by molar-refractivity contribution is -0.116. The number of hydrogen-bond donors (Lipinski definition) is 3. The minimum atomic E-state index is -1.30. The molecule has 1 heterocycles. The molecule has 0 saturated heterocycles. The fraction of sp³-hybridized carbons (Fsp3) is 0.176. The van der Waals surface area contributed by atoms with E-state index < -0.39 is 17.8 Å². The third-order valence-electron chi connectivity index (χ3n) is 3.57. The molecule has 0 bridgehead atoms. The molecule has 0 aliphatic rings. The molecule has 0 atom stereocenters. The van der Waals surface area contributed by atoms with Gasteiger partial charge in [-0.2, -0.15) is 0 Å². The Balaban J connectivity index is 2.28. The minimum absolute atomic E-state index is 0.0682. The molecule has 0 radical (unpaired) electrons. The zero-order valence-corrected chi connectivity index (χ0v) is 13.6. The summed E-state index contributed by atoms with van der Waals surface area (Å²) < 4.78 is 1.62. The second-order valence-corrected chi connectivity index (χ2v) is 5.52. The number of carboxylic acid groups (broad SMARTS) is 2. The summed E-state index contributed by atoms with van der Waals surface area (Å²) in [5, 5.41) is 20.6. The number of rotatable bonds is 5. The van der Waals surface area contributed by atoms with E-state index in [0.717, 1.165) is 6.07 Å². The Morgan fingerprint density at radius 3 is 1.84 bits per heavy atom. The van der Waals surface area contributed by atoms with E-state index in [0.29, 0.717) is 11.4 Å². The number of benzene rings is 1. The monoisotopic (exact) mass is 344 g/mol. The molecule has 0 spiro atoms. The molecule has 0 unspecified atom stereocenters. The number of aromatic nitrogens is 1. The molecule has 1 amide bonds. The molecule has 2 rings (SSSR count). The zero-order chi connectivity index (χ0) is 18.7. The van der Waals surface area contributed by atoms with Gasteiger partial charge >= 0.3 is 11.9 Å². The molecule has 0 aliphatic carbocycles. The van der Waals surface area contributed by atoms with E-state index in [9.17, 15) is 19.2 Å². The van der Waals surface area contributed by atoms with Gasteiger partial charge in [-0.15, -0.1) is 0 Å². The van der Waals surface area contributed by atoms with Crippen molar-refractivity contribution >= 4 is 23.5 Å². The largest absolute Gasteiger partial charge is 0.478 e. The molecule has 0 saturated carbocycles. The molecular formula is C17H16N2O6. The number of amides is 1. The van der Waals surface area contributed by atoms with Crippen molar-refractivity contribution in [3.63, 3.8) is 0 Å². The third-order valence-corrected chi connectivity index (χ3v) is 3.57. The highest BCUT2D eigenvalue weighted by atomic mass is 16.4. The molecule has 8 heteroatoms. The van der Waals surface area contributed by atoms with E-state index >= 15 is 0 Å². The van der Waals surface area contributed by atoms with Crippen molar-refractivity contribution in [1.29, 1.82) is 0 Å². The fourth-order valence-corrected chi connectivity index (χ4v) is 2.43. The normalized spacial score (nSPS) is 10.3. The van der Waals surface area contributed by atoms with Crippen molar-refractivity contribution in [3.8, 4) is 0 Å². The van der Waals surface area contributed by atoms with E-state index in [1.807, 2.05) is 0 Å². The minimum Gasteiger partial charge on any atom is -0.478 e. The Morgan fingerprint density at radius 1 is 0.920 bits per heavy atom. The molecular weight excluding hydrogens is 328 g/mol. The van der Waals surface area contributed by atoms with Gasteiger partial charge in [-0.3, -0.25) is 9.59 Å². The topological polar surface area (TPSA) is 126 Å². The lowest BCUT2D eigenvalue weighted by atomic mass is 10.1. The Labute approximate surface area is 142 Å². The van der Waals surface area contributed by atoms with Gasteiger partial charge < -0.3 is 20.1 Å². The van der Waals surface area contributed by atoms with Gasteiger partial charge in [0, 0.05) is 29.2 Å². The van der Waals surface area contributed by atoms with E-state index in [4.69, 9.17) is 10.2 Å². The molecule has 0 fully saturated rings. The maximum atomic E-state index is 12.2. The van der Waals surface area contributed by atoms with Crippen molar-refractivity contribution in [1.82, 2.24) is 4.57 Å². The molecule has 1 aromatic heterocycles. The molecule has 3 N–H and O–H groups in total. The lowest BCUT2D eigenvalue weighted by Gasteiger charge is -2.14. The highest BCUT2D eigenvalue weighted by Crippen LogP contribution is 2.16. The Bertz CT molecular complexity index is 871. The number of nitrogens with zero attached hydrogens (tertiary/aromatic N) is 1. The highest BCUT2D eigenvalue weighted by molar-refractivity contribution is 5.98. The van der Waals surface area contributed by atoms with Gasteiger partial charge in [-0.1, -0.05) is 0 Å². The van der Waals surface area contributed by atoms with Crippen LogP contribution in [0, 0.1) is 13.8 Å². The number of hydrogen-bond acceptors (Lipinski definition) is 4. The van der Waals surface area contributed by atoms with Gasteiger partial charge in [0.15, 0.2) is 5.43 Å². The van der Waals surface area contributed by atoms with Gasteiger partial charge in [0.2, 0.25) is 5.91 Å². The van der Waals surface area contributed by atoms with Crippen LogP contribution in [0.1, 0.15) is 32.1 Å². The summed E-state index contributed by atoms with van der Waals surface area (Å²) in [6.45, 7) is 3.28. The Morgan fingerprint density at radius 2 is 1.40 bits per heavy atom. The van der Waals surface area contributed by atoms with Crippen LogP contribution in [0.2, 0.25) is 0 Å². The van der Waals surface area contributed by atoms with Crippen molar-refractivity contribution in [3.05, 3.63) is 63.1 Å². The number of carbonyl (C=O) groups excluding carboxylic acids is 1. The van der Waals surface area contributed by atoms with Gasteiger partial charge in [0.25, 0.3) is 0 Å². The average molecular weight is 344 g/mol. The number of aryl methyl sites for hydroxylation is 2. The molecule has 0 aliphatic heterocycles. The van der Waals surface area contributed by atoms with Crippen LogP contribution >= 0.6 is 0 Å². The van der Waals surface area contributed by atoms with Crippen LogP contribution in [-0.2, 0) is 11.3 Å². The summed E-state index contributed by atoms with van der Waals surface area (Å²) in [6.07, 6.45) is 0.